The van der Waals surface area contributed by atoms with Gasteiger partial charge in [0, 0.05) is 19.6 Å². The van der Waals surface area contributed by atoms with Gasteiger partial charge in [0.1, 0.15) is 6.04 Å². The van der Waals surface area contributed by atoms with Gasteiger partial charge in [-0.25, -0.2) is 0 Å². The second kappa shape index (κ2) is 6.94. The average molecular weight is 310 g/mol. The molecule has 0 aliphatic carbocycles. The third-order valence-corrected chi connectivity index (χ3v) is 4.30. The van der Waals surface area contributed by atoms with Gasteiger partial charge in [0.25, 0.3) is 0 Å². The predicted octanol–water partition coefficient (Wildman–Crippen LogP) is 2.20. The number of hydrogen-bond donors (Lipinski definition) is 2. The van der Waals surface area contributed by atoms with Gasteiger partial charge in [-0.2, -0.15) is 0 Å². The Balaban J connectivity index is 1.79. The fourth-order valence-corrected chi connectivity index (χ4v) is 3.02. The lowest BCUT2D eigenvalue weighted by atomic mass is 10.0. The third kappa shape index (κ3) is 3.60. The van der Waals surface area contributed by atoms with E-state index in [2.05, 4.69) is 10.2 Å². The SMILES string of the molecule is Cc1ccc(C(O)CN2CCNC(=O)C2c2ccccc2)cc1. The first-order chi connectivity index (χ1) is 11.1. The molecule has 0 bridgehead atoms. The van der Waals surface area contributed by atoms with Gasteiger partial charge in [-0.05, 0) is 18.1 Å². The summed E-state index contributed by atoms with van der Waals surface area (Å²) in [4.78, 5) is 14.4. The highest BCUT2D eigenvalue weighted by atomic mass is 16.3. The van der Waals surface area contributed by atoms with Gasteiger partial charge in [0.2, 0.25) is 5.91 Å². The molecule has 1 aliphatic rings. The maximum Gasteiger partial charge on any atom is 0.242 e. The van der Waals surface area contributed by atoms with Crippen LogP contribution in [0.2, 0.25) is 0 Å². The monoisotopic (exact) mass is 310 g/mol. The van der Waals surface area contributed by atoms with E-state index in [1.807, 2.05) is 61.5 Å². The van der Waals surface area contributed by atoms with E-state index in [9.17, 15) is 9.90 Å². The molecule has 0 radical (unpaired) electrons. The van der Waals surface area contributed by atoms with E-state index in [1.54, 1.807) is 0 Å². The highest BCUT2D eigenvalue weighted by molar-refractivity contribution is 5.83. The number of carbonyl (C=O) groups is 1. The van der Waals surface area contributed by atoms with Gasteiger partial charge in [-0.3, -0.25) is 9.69 Å². The molecule has 2 aromatic rings. The number of aliphatic hydroxyl groups excluding tert-OH is 1. The molecule has 2 N–H and O–H groups in total. The Morgan fingerprint density at radius 2 is 1.87 bits per heavy atom. The van der Waals surface area contributed by atoms with Crippen molar-refractivity contribution in [1.29, 1.82) is 0 Å². The summed E-state index contributed by atoms with van der Waals surface area (Å²) < 4.78 is 0. The van der Waals surface area contributed by atoms with Crippen molar-refractivity contribution < 1.29 is 9.90 Å². The maximum absolute atomic E-state index is 12.3. The van der Waals surface area contributed by atoms with Crippen molar-refractivity contribution in [1.82, 2.24) is 10.2 Å². The molecule has 1 aliphatic heterocycles. The molecule has 1 fully saturated rings. The summed E-state index contributed by atoms with van der Waals surface area (Å²) >= 11 is 0. The standard InChI is InChI=1S/C19H22N2O2/c1-14-7-9-15(10-8-14)17(22)13-21-12-11-20-19(23)18(21)16-5-3-2-4-6-16/h2-10,17-18,22H,11-13H2,1H3,(H,20,23). The Morgan fingerprint density at radius 1 is 1.17 bits per heavy atom. The first-order valence-electron chi connectivity index (χ1n) is 7.96. The van der Waals surface area contributed by atoms with E-state index in [1.165, 1.54) is 5.56 Å². The van der Waals surface area contributed by atoms with Crippen molar-refractivity contribution in [2.75, 3.05) is 19.6 Å². The van der Waals surface area contributed by atoms with E-state index in [4.69, 9.17) is 0 Å². The Kier molecular flexibility index (Phi) is 4.74. The first kappa shape index (κ1) is 15.7. The quantitative estimate of drug-likeness (QED) is 0.910. The van der Waals surface area contributed by atoms with E-state index in [0.29, 0.717) is 13.1 Å². The Hall–Kier alpha value is -2.17. The molecular formula is C19H22N2O2. The summed E-state index contributed by atoms with van der Waals surface area (Å²) in [7, 11) is 0. The van der Waals surface area contributed by atoms with Crippen LogP contribution in [-0.4, -0.2) is 35.5 Å². The summed E-state index contributed by atoms with van der Waals surface area (Å²) in [6.07, 6.45) is -0.604. The van der Waals surface area contributed by atoms with E-state index in [-0.39, 0.29) is 11.9 Å². The molecule has 2 atom stereocenters. The van der Waals surface area contributed by atoms with Gasteiger partial charge in [-0.1, -0.05) is 60.2 Å². The van der Waals surface area contributed by atoms with Crippen LogP contribution in [0.1, 0.15) is 28.8 Å². The van der Waals surface area contributed by atoms with Gasteiger partial charge in [0.05, 0.1) is 6.10 Å². The van der Waals surface area contributed by atoms with Crippen LogP contribution in [0.25, 0.3) is 0 Å². The van der Waals surface area contributed by atoms with Crippen molar-refractivity contribution in [2.24, 2.45) is 0 Å². The van der Waals surface area contributed by atoms with Crippen molar-refractivity contribution in [3.05, 3.63) is 71.3 Å². The van der Waals surface area contributed by atoms with Crippen LogP contribution in [0.15, 0.2) is 54.6 Å². The van der Waals surface area contributed by atoms with Crippen molar-refractivity contribution >= 4 is 5.91 Å². The van der Waals surface area contributed by atoms with Crippen LogP contribution in [0.4, 0.5) is 0 Å². The smallest absolute Gasteiger partial charge is 0.242 e. The fraction of sp³-hybridized carbons (Fsp3) is 0.316. The molecule has 0 spiro atoms. The molecular weight excluding hydrogens is 288 g/mol. The zero-order valence-electron chi connectivity index (χ0n) is 13.3. The van der Waals surface area contributed by atoms with Gasteiger partial charge >= 0.3 is 0 Å². The minimum Gasteiger partial charge on any atom is -0.387 e. The van der Waals surface area contributed by atoms with Gasteiger partial charge < -0.3 is 10.4 Å². The molecule has 1 amide bonds. The van der Waals surface area contributed by atoms with Crippen molar-refractivity contribution in [2.45, 2.75) is 19.1 Å². The van der Waals surface area contributed by atoms with Crippen LogP contribution in [0, 0.1) is 6.92 Å². The predicted molar refractivity (Wildman–Crippen MR) is 89.9 cm³/mol. The summed E-state index contributed by atoms with van der Waals surface area (Å²) in [6.45, 7) is 3.81. The van der Waals surface area contributed by atoms with Gasteiger partial charge in [0.15, 0.2) is 0 Å². The van der Waals surface area contributed by atoms with E-state index >= 15 is 0 Å². The van der Waals surface area contributed by atoms with E-state index in [0.717, 1.165) is 17.7 Å². The number of piperazine rings is 1. The van der Waals surface area contributed by atoms with Crippen LogP contribution < -0.4 is 5.32 Å². The molecule has 4 nitrogen and oxygen atoms in total. The molecule has 2 unspecified atom stereocenters. The summed E-state index contributed by atoms with van der Waals surface area (Å²) in [5.74, 6) is -0.00134. The minimum absolute atomic E-state index is 0.00134. The Bertz CT molecular complexity index is 655. The number of aryl methyl sites for hydroxylation is 1. The number of rotatable bonds is 4. The first-order valence-corrected chi connectivity index (χ1v) is 7.96. The van der Waals surface area contributed by atoms with E-state index < -0.39 is 6.10 Å². The van der Waals surface area contributed by atoms with Crippen molar-refractivity contribution in [3.63, 3.8) is 0 Å². The molecule has 2 aromatic carbocycles. The zero-order valence-corrected chi connectivity index (χ0v) is 13.3. The lowest BCUT2D eigenvalue weighted by Crippen LogP contribution is -2.51. The molecule has 0 aromatic heterocycles. The number of β-amino-alcohol motifs (C(OH)–C–C–N with tert-alkyl or cyclic N) is 1. The second-order valence-electron chi connectivity index (χ2n) is 6.03. The number of carbonyl (C=O) groups excluding carboxylic acids is 1. The highest BCUT2D eigenvalue weighted by Gasteiger charge is 2.32. The molecule has 1 heterocycles. The number of aliphatic hydroxyl groups is 1. The Labute approximate surface area is 136 Å². The van der Waals surface area contributed by atoms with Crippen LogP contribution in [-0.2, 0) is 4.79 Å². The zero-order chi connectivity index (χ0) is 16.2. The molecule has 3 rings (SSSR count). The summed E-state index contributed by atoms with van der Waals surface area (Å²) in [6, 6.07) is 17.3. The molecule has 23 heavy (non-hydrogen) atoms. The summed E-state index contributed by atoms with van der Waals surface area (Å²) in [5, 5.41) is 13.5. The minimum atomic E-state index is -0.604. The second-order valence-corrected chi connectivity index (χ2v) is 6.03. The topological polar surface area (TPSA) is 52.6 Å². The number of hydrogen-bond acceptors (Lipinski definition) is 3. The van der Waals surface area contributed by atoms with Crippen LogP contribution in [0.5, 0.6) is 0 Å². The lowest BCUT2D eigenvalue weighted by Gasteiger charge is -2.36. The number of amides is 1. The molecule has 1 saturated heterocycles. The lowest BCUT2D eigenvalue weighted by molar-refractivity contribution is -0.130. The average Bonchev–Trinajstić information content (AvgIpc) is 2.56. The molecule has 0 saturated carbocycles. The van der Waals surface area contributed by atoms with Crippen LogP contribution >= 0.6 is 0 Å². The third-order valence-electron chi connectivity index (χ3n) is 4.30. The highest BCUT2D eigenvalue weighted by Crippen LogP contribution is 2.26. The maximum atomic E-state index is 12.3. The largest absolute Gasteiger partial charge is 0.387 e. The Morgan fingerprint density at radius 3 is 2.57 bits per heavy atom. The number of nitrogens with zero attached hydrogens (tertiary/aromatic N) is 1. The van der Waals surface area contributed by atoms with Gasteiger partial charge in [-0.15, -0.1) is 0 Å². The molecule has 4 heteroatoms. The molecule has 120 valence electrons. The summed E-state index contributed by atoms with van der Waals surface area (Å²) in [5.41, 5.74) is 3.01. The normalized spacial score (nSPS) is 20.1. The van der Waals surface area contributed by atoms with Crippen LogP contribution in [0.3, 0.4) is 0 Å². The number of benzene rings is 2. The fourth-order valence-electron chi connectivity index (χ4n) is 3.02. The van der Waals surface area contributed by atoms with Crippen molar-refractivity contribution in [3.8, 4) is 0 Å². The number of nitrogens with one attached hydrogen (secondary N) is 1.